The van der Waals surface area contributed by atoms with Crippen LogP contribution in [0, 0.1) is 0 Å². The van der Waals surface area contributed by atoms with Crippen molar-refractivity contribution in [1.82, 2.24) is 15.6 Å². The number of aliphatic hydroxyl groups excluding tert-OH is 1. The SMILES string of the molecule is O=c1cccc[nH]1.OC1CNCCN1. The predicted octanol–water partition coefficient (Wildman–Crippen LogP) is -1.13. The highest BCUT2D eigenvalue weighted by atomic mass is 16.3. The van der Waals surface area contributed by atoms with Crippen molar-refractivity contribution >= 4 is 0 Å². The summed E-state index contributed by atoms with van der Waals surface area (Å²) in [6.45, 7) is 2.53. The second-order valence-corrected chi connectivity index (χ2v) is 2.90. The van der Waals surface area contributed by atoms with Gasteiger partial charge in [-0.2, -0.15) is 0 Å². The molecule has 2 heterocycles. The maximum Gasteiger partial charge on any atom is 0.247 e. The maximum absolute atomic E-state index is 10.2. The van der Waals surface area contributed by atoms with Gasteiger partial charge in [0.15, 0.2) is 0 Å². The minimum Gasteiger partial charge on any atom is -0.377 e. The first-order valence-corrected chi connectivity index (χ1v) is 4.55. The normalized spacial score (nSPS) is 20.8. The highest BCUT2D eigenvalue weighted by molar-refractivity contribution is 4.89. The van der Waals surface area contributed by atoms with Crippen molar-refractivity contribution in [1.29, 1.82) is 0 Å². The molecule has 4 N–H and O–H groups in total. The number of aromatic nitrogens is 1. The molecule has 0 amide bonds. The van der Waals surface area contributed by atoms with Gasteiger partial charge >= 0.3 is 0 Å². The molecule has 14 heavy (non-hydrogen) atoms. The predicted molar refractivity (Wildman–Crippen MR) is 53.9 cm³/mol. The minimum atomic E-state index is -0.325. The van der Waals surface area contributed by atoms with Crippen molar-refractivity contribution in [3.05, 3.63) is 34.7 Å². The fraction of sp³-hybridized carbons (Fsp3) is 0.444. The Morgan fingerprint density at radius 1 is 1.36 bits per heavy atom. The molecule has 78 valence electrons. The van der Waals surface area contributed by atoms with E-state index >= 15 is 0 Å². The van der Waals surface area contributed by atoms with E-state index in [1.54, 1.807) is 18.3 Å². The fourth-order valence-corrected chi connectivity index (χ4v) is 1.01. The van der Waals surface area contributed by atoms with Gasteiger partial charge < -0.3 is 15.4 Å². The zero-order valence-corrected chi connectivity index (χ0v) is 7.86. The molecule has 1 aromatic heterocycles. The molecular formula is C9H15N3O2. The van der Waals surface area contributed by atoms with Gasteiger partial charge in [-0.25, -0.2) is 0 Å². The molecular weight excluding hydrogens is 182 g/mol. The monoisotopic (exact) mass is 197 g/mol. The Balaban J connectivity index is 0.000000140. The maximum atomic E-state index is 10.2. The van der Waals surface area contributed by atoms with Crippen LogP contribution in [0.25, 0.3) is 0 Å². The van der Waals surface area contributed by atoms with Gasteiger partial charge in [-0.1, -0.05) is 6.07 Å². The molecule has 1 aromatic rings. The van der Waals surface area contributed by atoms with Gasteiger partial charge in [0.2, 0.25) is 5.56 Å². The quantitative estimate of drug-likeness (QED) is 0.424. The Morgan fingerprint density at radius 3 is 2.50 bits per heavy atom. The smallest absolute Gasteiger partial charge is 0.247 e. The van der Waals surface area contributed by atoms with Crippen LogP contribution in [0.2, 0.25) is 0 Å². The topological polar surface area (TPSA) is 77.2 Å². The van der Waals surface area contributed by atoms with Gasteiger partial charge in [-0.3, -0.25) is 10.1 Å². The van der Waals surface area contributed by atoms with Crippen LogP contribution in [0.4, 0.5) is 0 Å². The lowest BCUT2D eigenvalue weighted by Crippen LogP contribution is -2.47. The zero-order chi connectivity index (χ0) is 10.2. The van der Waals surface area contributed by atoms with Crippen LogP contribution in [0.15, 0.2) is 29.2 Å². The molecule has 0 radical (unpaired) electrons. The molecule has 5 nitrogen and oxygen atoms in total. The summed E-state index contributed by atoms with van der Waals surface area (Å²) in [5.41, 5.74) is -0.0532. The molecule has 0 aliphatic carbocycles. The fourth-order valence-electron chi connectivity index (χ4n) is 1.01. The standard InChI is InChI=1S/C5H5NO.C4H10N2O/c7-5-3-1-2-4-6-5;7-4-3-5-1-2-6-4/h1-4H,(H,6,7);4-7H,1-3H2. The molecule has 0 saturated carbocycles. The van der Waals surface area contributed by atoms with Crippen LogP contribution in [0.3, 0.4) is 0 Å². The van der Waals surface area contributed by atoms with E-state index in [2.05, 4.69) is 15.6 Å². The number of hydrogen-bond acceptors (Lipinski definition) is 4. The van der Waals surface area contributed by atoms with Crippen molar-refractivity contribution in [2.75, 3.05) is 19.6 Å². The van der Waals surface area contributed by atoms with Gasteiger partial charge in [0.25, 0.3) is 0 Å². The molecule has 0 bridgehead atoms. The Hall–Kier alpha value is -1.17. The largest absolute Gasteiger partial charge is 0.377 e. The van der Waals surface area contributed by atoms with E-state index in [4.69, 9.17) is 5.11 Å². The van der Waals surface area contributed by atoms with Gasteiger partial charge in [0.05, 0.1) is 0 Å². The molecule has 1 atom stereocenters. The van der Waals surface area contributed by atoms with Crippen molar-refractivity contribution < 1.29 is 5.11 Å². The number of aliphatic hydroxyl groups is 1. The van der Waals surface area contributed by atoms with Gasteiger partial charge in [-0.15, -0.1) is 0 Å². The third kappa shape index (κ3) is 4.76. The first kappa shape index (κ1) is 10.9. The summed E-state index contributed by atoms with van der Waals surface area (Å²) in [7, 11) is 0. The number of nitrogens with one attached hydrogen (secondary N) is 3. The number of β-amino-alcohol motifs (C(OH)–C–C–N with tert-alkyl or cyclic N) is 1. The van der Waals surface area contributed by atoms with Crippen molar-refractivity contribution in [3.8, 4) is 0 Å². The zero-order valence-electron chi connectivity index (χ0n) is 7.86. The average molecular weight is 197 g/mol. The summed E-state index contributed by atoms with van der Waals surface area (Å²) in [6, 6.07) is 4.93. The molecule has 1 fully saturated rings. The Labute approximate surface area is 82.2 Å². The van der Waals surface area contributed by atoms with Crippen molar-refractivity contribution in [2.24, 2.45) is 0 Å². The number of pyridine rings is 1. The third-order valence-electron chi connectivity index (χ3n) is 1.70. The highest BCUT2D eigenvalue weighted by Crippen LogP contribution is 1.77. The molecule has 0 spiro atoms. The van der Waals surface area contributed by atoms with Crippen LogP contribution in [0.1, 0.15) is 0 Å². The summed E-state index contributed by atoms with van der Waals surface area (Å²) >= 11 is 0. The summed E-state index contributed by atoms with van der Waals surface area (Å²) in [6.07, 6.45) is 1.27. The van der Waals surface area contributed by atoms with E-state index in [0.29, 0.717) is 6.54 Å². The number of aromatic amines is 1. The number of rotatable bonds is 0. The van der Waals surface area contributed by atoms with Crippen LogP contribution >= 0.6 is 0 Å². The van der Waals surface area contributed by atoms with E-state index in [-0.39, 0.29) is 11.8 Å². The Morgan fingerprint density at radius 2 is 2.21 bits per heavy atom. The summed E-state index contributed by atoms with van der Waals surface area (Å²) in [5, 5.41) is 14.6. The molecule has 1 saturated heterocycles. The lowest BCUT2D eigenvalue weighted by atomic mass is 10.4. The van der Waals surface area contributed by atoms with Crippen LogP contribution in [-0.4, -0.2) is 36.0 Å². The first-order valence-electron chi connectivity index (χ1n) is 4.55. The minimum absolute atomic E-state index is 0.0532. The Kier molecular flexibility index (Phi) is 4.92. The van der Waals surface area contributed by atoms with Gasteiger partial charge in [0, 0.05) is 31.9 Å². The number of piperazine rings is 1. The van der Waals surface area contributed by atoms with E-state index in [9.17, 15) is 4.79 Å². The second-order valence-electron chi connectivity index (χ2n) is 2.90. The molecule has 1 aliphatic rings. The summed E-state index contributed by atoms with van der Waals surface area (Å²) < 4.78 is 0. The van der Waals surface area contributed by atoms with Crippen LogP contribution in [-0.2, 0) is 0 Å². The first-order chi connectivity index (χ1) is 6.79. The summed E-state index contributed by atoms with van der Waals surface area (Å²) in [4.78, 5) is 12.7. The average Bonchev–Trinajstić information content (AvgIpc) is 2.21. The number of H-pyrrole nitrogens is 1. The Bertz CT molecular complexity index is 277. The summed E-state index contributed by atoms with van der Waals surface area (Å²) in [5.74, 6) is 0. The highest BCUT2D eigenvalue weighted by Gasteiger charge is 2.04. The van der Waals surface area contributed by atoms with E-state index < -0.39 is 0 Å². The second kappa shape index (κ2) is 6.31. The molecule has 2 rings (SSSR count). The van der Waals surface area contributed by atoms with Crippen molar-refractivity contribution in [2.45, 2.75) is 6.23 Å². The van der Waals surface area contributed by atoms with E-state index in [1.165, 1.54) is 6.07 Å². The lowest BCUT2D eigenvalue weighted by Gasteiger charge is -2.18. The van der Waals surface area contributed by atoms with Gasteiger partial charge in [0.1, 0.15) is 6.23 Å². The van der Waals surface area contributed by atoms with Crippen LogP contribution in [0.5, 0.6) is 0 Å². The number of hydrogen-bond donors (Lipinski definition) is 4. The molecule has 1 aliphatic heterocycles. The van der Waals surface area contributed by atoms with E-state index in [0.717, 1.165) is 13.1 Å². The van der Waals surface area contributed by atoms with E-state index in [1.807, 2.05) is 0 Å². The molecule has 5 heteroatoms. The van der Waals surface area contributed by atoms with Crippen molar-refractivity contribution in [3.63, 3.8) is 0 Å². The third-order valence-corrected chi connectivity index (χ3v) is 1.70. The molecule has 1 unspecified atom stereocenters. The van der Waals surface area contributed by atoms with Gasteiger partial charge in [-0.05, 0) is 6.07 Å². The molecule has 0 aromatic carbocycles. The lowest BCUT2D eigenvalue weighted by molar-refractivity contribution is 0.120. The van der Waals surface area contributed by atoms with Crippen LogP contribution < -0.4 is 16.2 Å².